The first-order valence-electron chi connectivity index (χ1n) is 7.01. The summed E-state index contributed by atoms with van der Waals surface area (Å²) in [4.78, 5) is 37.1. The van der Waals surface area contributed by atoms with E-state index in [1.165, 1.54) is 35.7 Å². The van der Waals surface area contributed by atoms with Gasteiger partial charge >= 0.3 is 12.2 Å². The first-order chi connectivity index (χ1) is 12.2. The van der Waals surface area contributed by atoms with Crippen LogP contribution in [0.15, 0.2) is 41.8 Å². The van der Waals surface area contributed by atoms with Crippen LogP contribution in [-0.2, 0) is 4.79 Å². The molecule has 0 aliphatic carbocycles. The van der Waals surface area contributed by atoms with Gasteiger partial charge < -0.3 is 5.32 Å². The van der Waals surface area contributed by atoms with E-state index < -0.39 is 29.7 Å². The molecule has 1 aromatic heterocycles. The van der Waals surface area contributed by atoms with Gasteiger partial charge in [-0.05, 0) is 29.6 Å². The van der Waals surface area contributed by atoms with Crippen molar-refractivity contribution in [1.82, 2.24) is 10.6 Å². The average Bonchev–Trinajstić information content (AvgIpc) is 3.15. The Kier molecular flexibility index (Phi) is 4.41. The zero-order valence-electron chi connectivity index (χ0n) is 12.6. The van der Waals surface area contributed by atoms with Gasteiger partial charge in [0, 0.05) is 5.02 Å². The van der Waals surface area contributed by atoms with Crippen molar-refractivity contribution in [2.45, 2.75) is 11.8 Å². The molecule has 2 N–H and O–H groups in total. The summed E-state index contributed by atoms with van der Waals surface area (Å²) in [5.74, 6) is -2.82. The fourth-order valence-electron chi connectivity index (χ4n) is 2.37. The van der Waals surface area contributed by atoms with Crippen molar-refractivity contribution in [3.05, 3.63) is 51.7 Å². The van der Waals surface area contributed by atoms with Crippen LogP contribution in [0.5, 0.6) is 0 Å². The number of thiophene rings is 1. The van der Waals surface area contributed by atoms with Crippen LogP contribution in [0.4, 0.5) is 23.7 Å². The predicted molar refractivity (Wildman–Crippen MR) is 88.0 cm³/mol. The third kappa shape index (κ3) is 2.90. The summed E-state index contributed by atoms with van der Waals surface area (Å²) >= 11 is 6.66. The highest BCUT2D eigenvalue weighted by molar-refractivity contribution is 7.12. The largest absolute Gasteiger partial charge is 0.440 e. The zero-order chi connectivity index (χ0) is 19.1. The van der Waals surface area contributed by atoms with E-state index in [0.29, 0.717) is 0 Å². The lowest BCUT2D eigenvalue weighted by Gasteiger charge is -2.29. The summed E-state index contributed by atoms with van der Waals surface area (Å²) < 4.78 is 41.1. The minimum absolute atomic E-state index is 0.0446. The molecule has 2 aromatic rings. The fraction of sp³-hybridized carbons (Fsp3) is 0.133. The van der Waals surface area contributed by atoms with E-state index >= 15 is 0 Å². The maximum Gasteiger partial charge on any atom is 0.440 e. The molecule has 2 heterocycles. The molecule has 11 heteroatoms. The lowest BCUT2D eigenvalue weighted by molar-refractivity contribution is -0.197. The van der Waals surface area contributed by atoms with Crippen LogP contribution in [0.1, 0.15) is 9.67 Å². The first kappa shape index (κ1) is 18.2. The van der Waals surface area contributed by atoms with E-state index in [2.05, 4.69) is 0 Å². The molecule has 0 radical (unpaired) electrons. The molecule has 1 aromatic carbocycles. The number of nitrogens with one attached hydrogen (secondary N) is 2. The Hall–Kier alpha value is -2.59. The first-order valence-corrected chi connectivity index (χ1v) is 8.26. The maximum atomic E-state index is 13.7. The molecular weight excluding hydrogens is 395 g/mol. The van der Waals surface area contributed by atoms with Crippen LogP contribution in [0.25, 0.3) is 0 Å². The summed E-state index contributed by atoms with van der Waals surface area (Å²) in [6.45, 7) is 0. The average molecular weight is 404 g/mol. The van der Waals surface area contributed by atoms with Gasteiger partial charge in [0.2, 0.25) is 0 Å². The molecule has 136 valence electrons. The lowest BCUT2D eigenvalue weighted by atomic mass is 10.1. The number of hydrogen-bond acceptors (Lipinski definition) is 4. The highest BCUT2D eigenvalue weighted by atomic mass is 35.5. The van der Waals surface area contributed by atoms with Gasteiger partial charge in [0.05, 0.1) is 10.6 Å². The van der Waals surface area contributed by atoms with Crippen molar-refractivity contribution >= 4 is 46.5 Å². The Bertz CT molecular complexity index is 888. The van der Waals surface area contributed by atoms with Gasteiger partial charge in [-0.3, -0.25) is 14.9 Å². The molecule has 0 bridgehead atoms. The number of halogens is 4. The van der Waals surface area contributed by atoms with Crippen LogP contribution >= 0.6 is 22.9 Å². The molecule has 0 unspecified atom stereocenters. The minimum atomic E-state index is -5.28. The number of nitrogens with zero attached hydrogens (tertiary/aromatic N) is 1. The number of hydrogen-bond donors (Lipinski definition) is 2. The van der Waals surface area contributed by atoms with Crippen molar-refractivity contribution < 1.29 is 27.6 Å². The number of imide groups is 1. The summed E-state index contributed by atoms with van der Waals surface area (Å²) in [7, 11) is 0. The van der Waals surface area contributed by atoms with E-state index in [0.717, 1.165) is 17.4 Å². The van der Waals surface area contributed by atoms with Gasteiger partial charge in [0.25, 0.3) is 17.5 Å². The van der Waals surface area contributed by atoms with Crippen molar-refractivity contribution in [2.75, 3.05) is 4.90 Å². The Morgan fingerprint density at radius 2 is 1.96 bits per heavy atom. The van der Waals surface area contributed by atoms with Crippen molar-refractivity contribution in [2.24, 2.45) is 0 Å². The number of urea groups is 1. The zero-order valence-corrected chi connectivity index (χ0v) is 14.2. The number of carbonyl (C=O) groups is 3. The molecule has 4 amide bonds. The molecule has 1 atom stereocenters. The Morgan fingerprint density at radius 1 is 1.23 bits per heavy atom. The minimum Gasteiger partial charge on any atom is -0.313 e. The van der Waals surface area contributed by atoms with Crippen LogP contribution in [0, 0.1) is 0 Å². The molecular formula is C15H9ClF3N3O3S. The monoisotopic (exact) mass is 403 g/mol. The third-order valence-electron chi connectivity index (χ3n) is 3.56. The Labute approximate surface area is 153 Å². The fourth-order valence-corrected chi connectivity index (χ4v) is 3.17. The Balaban J connectivity index is 2.02. The second-order valence-corrected chi connectivity index (χ2v) is 6.61. The second-order valence-electron chi connectivity index (χ2n) is 5.23. The van der Waals surface area contributed by atoms with Gasteiger partial charge in [0.15, 0.2) is 0 Å². The SMILES string of the molecule is O=C(N[C@@]1(C(F)(F)F)NC(=O)N(c2cccc(Cl)c2)C1=O)c1cccs1. The van der Waals surface area contributed by atoms with Gasteiger partial charge in [-0.2, -0.15) is 13.2 Å². The molecule has 0 spiro atoms. The number of anilines is 1. The summed E-state index contributed by atoms with van der Waals surface area (Å²) in [6.07, 6.45) is -5.28. The molecule has 1 fully saturated rings. The van der Waals surface area contributed by atoms with Gasteiger partial charge in [0.1, 0.15) is 0 Å². The standard InChI is InChI=1S/C15H9ClF3N3O3S/c16-8-3-1-4-9(7-8)22-12(24)14(15(17,18)19,21-13(22)25)20-11(23)10-5-2-6-26-10/h1-7H,(H,20,23)(H,21,25)/t14-/m1/s1. The van der Waals surface area contributed by atoms with Gasteiger partial charge in [-0.15, -0.1) is 11.3 Å². The van der Waals surface area contributed by atoms with E-state index in [4.69, 9.17) is 11.6 Å². The molecule has 26 heavy (non-hydrogen) atoms. The van der Waals surface area contributed by atoms with Crippen LogP contribution < -0.4 is 15.5 Å². The smallest absolute Gasteiger partial charge is 0.313 e. The number of carbonyl (C=O) groups excluding carboxylic acids is 3. The van der Waals surface area contributed by atoms with Crippen LogP contribution in [0.2, 0.25) is 5.02 Å². The van der Waals surface area contributed by atoms with E-state index in [-0.39, 0.29) is 20.5 Å². The molecule has 3 rings (SSSR count). The molecule has 0 saturated carbocycles. The highest BCUT2D eigenvalue weighted by Gasteiger charge is 2.69. The molecule has 1 aliphatic heterocycles. The van der Waals surface area contributed by atoms with Crippen molar-refractivity contribution in [1.29, 1.82) is 0 Å². The third-order valence-corrected chi connectivity index (χ3v) is 4.66. The normalized spacial score (nSPS) is 20.2. The van der Waals surface area contributed by atoms with Crippen molar-refractivity contribution in [3.63, 3.8) is 0 Å². The topological polar surface area (TPSA) is 78.5 Å². The number of alkyl halides is 3. The van der Waals surface area contributed by atoms with Gasteiger partial charge in [-0.1, -0.05) is 23.7 Å². The lowest BCUT2D eigenvalue weighted by Crippen LogP contribution is -2.69. The van der Waals surface area contributed by atoms with E-state index in [1.54, 1.807) is 10.6 Å². The Morgan fingerprint density at radius 3 is 2.54 bits per heavy atom. The summed E-state index contributed by atoms with van der Waals surface area (Å²) in [6, 6.07) is 6.63. The van der Waals surface area contributed by atoms with Crippen molar-refractivity contribution in [3.8, 4) is 0 Å². The van der Waals surface area contributed by atoms with E-state index in [1.807, 2.05) is 0 Å². The molecule has 6 nitrogen and oxygen atoms in total. The summed E-state index contributed by atoms with van der Waals surface area (Å²) in [5.41, 5.74) is -3.73. The predicted octanol–water partition coefficient (Wildman–Crippen LogP) is 3.15. The quantitative estimate of drug-likeness (QED) is 0.773. The summed E-state index contributed by atoms with van der Waals surface area (Å²) in [5, 5.41) is 4.79. The number of benzene rings is 1. The van der Waals surface area contributed by atoms with Crippen LogP contribution in [-0.4, -0.2) is 29.7 Å². The highest BCUT2D eigenvalue weighted by Crippen LogP contribution is 2.36. The van der Waals surface area contributed by atoms with E-state index in [9.17, 15) is 27.6 Å². The van der Waals surface area contributed by atoms with Gasteiger partial charge in [-0.25, -0.2) is 9.69 Å². The molecule has 1 aliphatic rings. The second kappa shape index (κ2) is 6.29. The number of amides is 4. The number of rotatable bonds is 3. The van der Waals surface area contributed by atoms with Crippen LogP contribution in [0.3, 0.4) is 0 Å². The molecule has 1 saturated heterocycles. The maximum absolute atomic E-state index is 13.7.